The highest BCUT2D eigenvalue weighted by Gasteiger charge is 2.16. The van der Waals surface area contributed by atoms with Crippen molar-refractivity contribution in [1.82, 2.24) is 15.0 Å². The fourth-order valence-electron chi connectivity index (χ4n) is 3.48. The Morgan fingerprint density at radius 3 is 2.45 bits per heavy atom. The zero-order valence-electron chi connectivity index (χ0n) is 18.3. The van der Waals surface area contributed by atoms with Crippen LogP contribution >= 0.6 is 0 Å². The quantitative estimate of drug-likeness (QED) is 0.366. The van der Waals surface area contributed by atoms with Crippen LogP contribution in [0.3, 0.4) is 0 Å². The molecule has 0 radical (unpaired) electrons. The van der Waals surface area contributed by atoms with Crippen LogP contribution in [0.15, 0.2) is 78.0 Å². The molecule has 0 bridgehead atoms. The molecule has 0 unspecified atom stereocenters. The number of nitrogens with one attached hydrogen (secondary N) is 1. The summed E-state index contributed by atoms with van der Waals surface area (Å²) in [6.07, 6.45) is 3.56. The number of amides is 1. The van der Waals surface area contributed by atoms with Crippen molar-refractivity contribution >= 4 is 23.0 Å². The second-order valence-electron chi connectivity index (χ2n) is 8.64. The van der Waals surface area contributed by atoms with Gasteiger partial charge in [0, 0.05) is 24.2 Å². The third-order valence-electron chi connectivity index (χ3n) is 5.35. The van der Waals surface area contributed by atoms with Crippen LogP contribution in [0.2, 0.25) is 0 Å². The molecule has 2 aromatic heterocycles. The predicted octanol–water partition coefficient (Wildman–Crippen LogP) is 5.30. The molecule has 0 saturated carbocycles. The topological polar surface area (TPSA) is 59.3 Å². The van der Waals surface area contributed by atoms with Gasteiger partial charge in [0.05, 0.1) is 28.7 Å². The lowest BCUT2D eigenvalue weighted by molar-refractivity contribution is 0.0956. The van der Waals surface area contributed by atoms with E-state index in [1.54, 1.807) is 6.21 Å². The van der Waals surface area contributed by atoms with Gasteiger partial charge in [-0.05, 0) is 35.2 Å². The summed E-state index contributed by atoms with van der Waals surface area (Å²) in [6.45, 7) is 6.57. The van der Waals surface area contributed by atoms with Gasteiger partial charge in [-0.25, -0.2) is 10.4 Å². The number of hydrogen-bond donors (Lipinski definition) is 1. The van der Waals surface area contributed by atoms with Gasteiger partial charge in [-0.3, -0.25) is 4.79 Å². The number of aromatic nitrogens is 2. The fraction of sp³-hybridized carbons (Fsp3) is 0.192. The molecule has 5 heteroatoms. The van der Waals surface area contributed by atoms with Crippen molar-refractivity contribution in [2.75, 3.05) is 0 Å². The van der Waals surface area contributed by atoms with Crippen LogP contribution in [0.25, 0.3) is 22.2 Å². The van der Waals surface area contributed by atoms with Crippen LogP contribution in [0.4, 0.5) is 0 Å². The van der Waals surface area contributed by atoms with E-state index < -0.39 is 0 Å². The van der Waals surface area contributed by atoms with E-state index in [0.29, 0.717) is 5.56 Å². The number of hydrazone groups is 1. The Labute approximate surface area is 182 Å². The van der Waals surface area contributed by atoms with Crippen LogP contribution in [-0.4, -0.2) is 21.7 Å². The van der Waals surface area contributed by atoms with Gasteiger partial charge < -0.3 is 4.57 Å². The third-order valence-corrected chi connectivity index (χ3v) is 5.35. The number of benzene rings is 2. The Bertz CT molecular complexity index is 1260. The van der Waals surface area contributed by atoms with Crippen LogP contribution in [-0.2, 0) is 12.5 Å². The number of aryl methyl sites for hydroxylation is 1. The van der Waals surface area contributed by atoms with Crippen LogP contribution < -0.4 is 5.43 Å². The molecule has 31 heavy (non-hydrogen) atoms. The molecule has 2 aromatic carbocycles. The van der Waals surface area contributed by atoms with Crippen molar-refractivity contribution in [3.8, 4) is 11.3 Å². The van der Waals surface area contributed by atoms with Gasteiger partial charge in [0.1, 0.15) is 0 Å². The smallest absolute Gasteiger partial charge is 0.272 e. The Hall–Kier alpha value is -3.73. The van der Waals surface area contributed by atoms with Gasteiger partial charge in [-0.2, -0.15) is 5.10 Å². The highest BCUT2D eigenvalue weighted by molar-refractivity contribution is 6.07. The summed E-state index contributed by atoms with van der Waals surface area (Å²) in [6, 6.07) is 21.7. The predicted molar refractivity (Wildman–Crippen MR) is 126 cm³/mol. The van der Waals surface area contributed by atoms with E-state index in [0.717, 1.165) is 27.9 Å². The average Bonchev–Trinajstić information content (AvgIpc) is 3.17. The number of carbonyl (C=O) groups excluding carboxylic acids is 1. The first-order valence-electron chi connectivity index (χ1n) is 10.3. The van der Waals surface area contributed by atoms with E-state index in [1.807, 2.05) is 60.3 Å². The Balaban J connectivity index is 1.69. The molecular formula is C26H26N4O. The molecule has 4 aromatic rings. The van der Waals surface area contributed by atoms with Crippen molar-refractivity contribution in [1.29, 1.82) is 0 Å². The van der Waals surface area contributed by atoms with Gasteiger partial charge in [0.15, 0.2) is 0 Å². The number of rotatable bonds is 4. The maximum absolute atomic E-state index is 13.0. The van der Waals surface area contributed by atoms with Crippen LogP contribution in [0, 0.1) is 0 Å². The summed E-state index contributed by atoms with van der Waals surface area (Å²) in [5.74, 6) is -0.267. The van der Waals surface area contributed by atoms with Crippen molar-refractivity contribution in [2.45, 2.75) is 26.2 Å². The largest absolute Gasteiger partial charge is 0.350 e. The summed E-state index contributed by atoms with van der Waals surface area (Å²) < 4.78 is 1.93. The molecule has 0 aliphatic carbocycles. The summed E-state index contributed by atoms with van der Waals surface area (Å²) >= 11 is 0. The molecule has 1 N–H and O–H groups in total. The molecule has 0 atom stereocenters. The van der Waals surface area contributed by atoms with E-state index in [2.05, 4.69) is 55.6 Å². The minimum atomic E-state index is -0.267. The Morgan fingerprint density at radius 1 is 1.03 bits per heavy atom. The third kappa shape index (κ3) is 4.40. The maximum Gasteiger partial charge on any atom is 0.272 e. The molecule has 156 valence electrons. The summed E-state index contributed by atoms with van der Waals surface area (Å²) in [7, 11) is 1.93. The zero-order valence-corrected chi connectivity index (χ0v) is 18.3. The number of pyridine rings is 1. The number of hydrogen-bond acceptors (Lipinski definition) is 3. The molecule has 0 aliphatic rings. The lowest BCUT2D eigenvalue weighted by Crippen LogP contribution is -2.18. The Morgan fingerprint density at radius 2 is 1.77 bits per heavy atom. The highest BCUT2D eigenvalue weighted by atomic mass is 16.2. The molecule has 4 rings (SSSR count). The van der Waals surface area contributed by atoms with Gasteiger partial charge >= 0.3 is 0 Å². The summed E-state index contributed by atoms with van der Waals surface area (Å²) in [5, 5.41) is 4.93. The SMILES string of the molecule is Cn1cccc1C=NNC(=O)c1cc(-c2ccc(C(C)(C)C)cc2)nc2ccccc12. The van der Waals surface area contributed by atoms with E-state index >= 15 is 0 Å². The number of para-hydroxylation sites is 1. The van der Waals surface area contributed by atoms with Crippen molar-refractivity contribution in [3.05, 3.63) is 89.7 Å². The monoisotopic (exact) mass is 410 g/mol. The second kappa shape index (κ2) is 8.19. The first-order valence-corrected chi connectivity index (χ1v) is 10.3. The molecule has 0 aliphatic heterocycles. The van der Waals surface area contributed by atoms with Crippen LogP contribution in [0.5, 0.6) is 0 Å². The second-order valence-corrected chi connectivity index (χ2v) is 8.64. The van der Waals surface area contributed by atoms with Gasteiger partial charge in [0.2, 0.25) is 0 Å². The fourth-order valence-corrected chi connectivity index (χ4v) is 3.48. The van der Waals surface area contributed by atoms with E-state index in [-0.39, 0.29) is 11.3 Å². The zero-order chi connectivity index (χ0) is 22.0. The molecule has 0 spiro atoms. The highest BCUT2D eigenvalue weighted by Crippen LogP contribution is 2.28. The first-order chi connectivity index (χ1) is 14.8. The number of carbonyl (C=O) groups is 1. The van der Waals surface area contributed by atoms with Gasteiger partial charge in [0.25, 0.3) is 5.91 Å². The average molecular weight is 411 g/mol. The summed E-state index contributed by atoms with van der Waals surface area (Å²) in [4.78, 5) is 17.8. The molecule has 5 nitrogen and oxygen atoms in total. The normalized spacial score (nSPS) is 11.9. The van der Waals surface area contributed by atoms with Crippen molar-refractivity contribution < 1.29 is 4.79 Å². The molecule has 0 fully saturated rings. The minimum absolute atomic E-state index is 0.0801. The van der Waals surface area contributed by atoms with E-state index in [4.69, 9.17) is 4.98 Å². The van der Waals surface area contributed by atoms with E-state index in [9.17, 15) is 4.79 Å². The summed E-state index contributed by atoms with van der Waals surface area (Å²) in [5.41, 5.74) is 7.94. The number of nitrogens with zero attached hydrogens (tertiary/aromatic N) is 3. The lowest BCUT2D eigenvalue weighted by atomic mass is 9.86. The van der Waals surface area contributed by atoms with Crippen molar-refractivity contribution in [3.63, 3.8) is 0 Å². The molecule has 1 amide bonds. The first kappa shape index (κ1) is 20.5. The maximum atomic E-state index is 13.0. The minimum Gasteiger partial charge on any atom is -0.350 e. The standard InChI is InChI=1S/C26H26N4O/c1-26(2,3)19-13-11-18(12-14-19)24-16-22(21-9-5-6-10-23(21)28-24)25(31)29-27-17-20-8-7-15-30(20)4/h5-17H,1-4H3,(H,29,31). The van der Waals surface area contributed by atoms with Crippen LogP contribution in [0.1, 0.15) is 42.4 Å². The number of fused-ring (bicyclic) bond motifs is 1. The van der Waals surface area contributed by atoms with Gasteiger partial charge in [-0.15, -0.1) is 0 Å². The molecule has 2 heterocycles. The Kier molecular flexibility index (Phi) is 5.42. The molecule has 0 saturated heterocycles. The lowest BCUT2D eigenvalue weighted by Gasteiger charge is -2.19. The molecular weight excluding hydrogens is 384 g/mol. The van der Waals surface area contributed by atoms with E-state index in [1.165, 1.54) is 5.56 Å². The van der Waals surface area contributed by atoms with Crippen molar-refractivity contribution in [2.24, 2.45) is 12.1 Å². The van der Waals surface area contributed by atoms with Gasteiger partial charge in [-0.1, -0.05) is 63.2 Å².